The number of methoxy groups -OCH3 is 1. The molecule has 18 rings (SSSR count). The van der Waals surface area contributed by atoms with Crippen molar-refractivity contribution in [3.05, 3.63) is 247 Å². The largest absolute Gasteiger partial charge is 0.544 e. The molecule has 0 saturated carbocycles. The molecule has 10 aromatic carbocycles. The van der Waals surface area contributed by atoms with E-state index in [1.165, 1.54) is 40.3 Å². The van der Waals surface area contributed by atoms with Crippen LogP contribution in [0.5, 0.6) is 80.5 Å². The summed E-state index contributed by atoms with van der Waals surface area (Å²) in [5.41, 5.74) is 19.0. The summed E-state index contributed by atoms with van der Waals surface area (Å²) in [4.78, 5) is 27.8. The lowest BCUT2D eigenvalue weighted by atomic mass is 9.69. The van der Waals surface area contributed by atoms with E-state index >= 15 is 0 Å². The summed E-state index contributed by atoms with van der Waals surface area (Å²) in [5, 5.41) is 32.0. The number of carbonyl (C=O) groups is 1. The van der Waals surface area contributed by atoms with Gasteiger partial charge in [0, 0.05) is 175 Å². The highest BCUT2D eigenvalue weighted by atomic mass is 28.4. The van der Waals surface area contributed by atoms with Crippen molar-refractivity contribution >= 4 is 46.1 Å². The Hall–Kier alpha value is -11.1. The molecule has 20 nitrogen and oxygen atoms in total. The van der Waals surface area contributed by atoms with Crippen LogP contribution in [0, 0.1) is 34.6 Å². The van der Waals surface area contributed by atoms with Gasteiger partial charge < -0.3 is 80.5 Å². The van der Waals surface area contributed by atoms with Gasteiger partial charge in [0.05, 0.1) is 13.7 Å². The minimum absolute atomic E-state index is 0.0770. The van der Waals surface area contributed by atoms with Gasteiger partial charge in [-0.25, -0.2) is 0 Å². The van der Waals surface area contributed by atoms with Gasteiger partial charge >= 0.3 is 12.1 Å². The van der Waals surface area contributed by atoms with Crippen molar-refractivity contribution < 1.29 is 94.8 Å². The molecule has 8 aliphatic heterocycles. The number of aliphatic hydroxyl groups excluding tert-OH is 1. The number of benzene rings is 10. The summed E-state index contributed by atoms with van der Waals surface area (Å²) < 4.78 is 103. The number of esters is 1. The smallest absolute Gasteiger partial charge is 0.373 e. The lowest BCUT2D eigenvalue weighted by molar-refractivity contribution is -0.192. The van der Waals surface area contributed by atoms with Crippen LogP contribution in [0.3, 0.4) is 0 Å². The summed E-state index contributed by atoms with van der Waals surface area (Å²) in [6.45, 7) is 64.4. The van der Waals surface area contributed by atoms with Gasteiger partial charge in [-0.2, -0.15) is 9.59 Å². The van der Waals surface area contributed by atoms with Crippen molar-refractivity contribution in [2.45, 2.75) is 354 Å². The highest BCUT2D eigenvalue weighted by Gasteiger charge is 2.59. The molecule has 0 bridgehead atoms. The van der Waals surface area contributed by atoms with Crippen molar-refractivity contribution in [2.24, 2.45) is 0 Å². The van der Waals surface area contributed by atoms with E-state index in [0.717, 1.165) is 161 Å². The third-order valence-electron chi connectivity index (χ3n) is 29.2. The van der Waals surface area contributed by atoms with Crippen LogP contribution in [0.1, 0.15) is 272 Å². The molecule has 0 saturated heterocycles. The maximum Gasteiger partial charge on any atom is 0.373 e. The lowest BCUT2D eigenvalue weighted by Crippen LogP contribution is -2.55. The van der Waals surface area contributed by atoms with E-state index in [4.69, 9.17) is 65.8 Å². The Kier molecular flexibility index (Phi) is 29.1. The van der Waals surface area contributed by atoms with Crippen LogP contribution in [0.4, 0.5) is 0 Å². The van der Waals surface area contributed by atoms with Gasteiger partial charge in [-0.3, -0.25) is 4.79 Å². The molecule has 0 amide bonds. The van der Waals surface area contributed by atoms with E-state index in [1.807, 2.05) is 130 Å². The lowest BCUT2D eigenvalue weighted by Gasteiger charge is -2.51. The zero-order valence-electron chi connectivity index (χ0n) is 89.5. The Balaban J connectivity index is 0.000000149. The highest BCUT2D eigenvalue weighted by molar-refractivity contribution is 6.70. The van der Waals surface area contributed by atoms with Crippen molar-refractivity contribution in [2.75, 3.05) is 7.11 Å². The molecule has 142 heavy (non-hydrogen) atoms. The molecule has 4 spiro atoms. The second-order valence-corrected chi connectivity index (χ2v) is 61.0. The first-order valence-corrected chi connectivity index (χ1v) is 60.5. The number of fused-ring (bicyclic) bond motifs is 8. The normalized spacial score (nSPS) is 20.7. The SMILES string of the molecule is CC(=O)Oc1cc2c(cc1C)OC1(CC(C)(C)c3cc(C)c(C)cc3O1)CC2(C)C.CC1(C)CC2(CC(C)(C)c3cc(O)c(-c4ccccc4)cc3O2)Oc2cc(-c3ccccc3)c(O)cc21.CC[Si](=O)Cc1cc2c(cc1C)OC1(CC2(C)C)CC(C)(C)c2cc(O[Si](C)(C)C)c(C)cc2O1.CC[Si](=O)Cc1cc2c(cc1CO)OC1(CC2(C)C)CC(C)(C)c2cc(O[Si](C)(C)C)c(OC)cc2O1.O=C=O. The third-order valence-corrected chi connectivity index (χ3v) is 34.0. The van der Waals surface area contributed by atoms with E-state index < -0.39 is 57.1 Å². The molecular weight excluding hydrogens is 1850 g/mol. The molecule has 3 unspecified atom stereocenters. The first kappa shape index (κ1) is 107. The minimum atomic E-state index is -1.85. The summed E-state index contributed by atoms with van der Waals surface area (Å²) in [6, 6.07) is 54.9. The molecule has 0 aromatic heterocycles. The van der Waals surface area contributed by atoms with E-state index in [9.17, 15) is 29.0 Å². The number of rotatable bonds is 15. The second kappa shape index (κ2) is 38.8. The summed E-state index contributed by atoms with van der Waals surface area (Å²) in [6.07, 6.45) is 5.82. The zero-order valence-corrected chi connectivity index (χ0v) is 93.5. The number of phenols is 2. The van der Waals surface area contributed by atoms with Gasteiger partial charge in [0.2, 0.25) is 16.6 Å². The first-order valence-electron chi connectivity index (χ1n) is 50.0. The van der Waals surface area contributed by atoms with Crippen molar-refractivity contribution in [1.82, 2.24) is 0 Å². The molecule has 8 aliphatic rings. The fourth-order valence-electron chi connectivity index (χ4n) is 22.9. The Morgan fingerprint density at radius 3 is 0.972 bits per heavy atom. The fourth-order valence-corrected chi connectivity index (χ4v) is 26.7. The summed E-state index contributed by atoms with van der Waals surface area (Å²) in [7, 11) is -5.22. The number of hydrogen-bond donors (Lipinski definition) is 3. The molecule has 3 atom stereocenters. The highest BCUT2D eigenvalue weighted by Crippen LogP contribution is 2.62. The monoisotopic (exact) mass is 2000 g/mol. The Bertz CT molecular complexity index is 6470. The molecule has 0 aliphatic carbocycles. The predicted molar refractivity (Wildman–Crippen MR) is 565 cm³/mol. The average Bonchev–Trinajstić information content (AvgIpc) is 0.735. The van der Waals surface area contributed by atoms with Crippen LogP contribution < -0.4 is 56.2 Å². The van der Waals surface area contributed by atoms with Crippen molar-refractivity contribution in [1.29, 1.82) is 0 Å². The minimum Gasteiger partial charge on any atom is -0.544 e. The molecule has 10 aromatic rings. The van der Waals surface area contributed by atoms with Gasteiger partial charge in [0.25, 0.3) is 40.5 Å². The second-order valence-electron chi connectivity index (χ2n) is 47.9. The maximum atomic E-state index is 12.4. The number of phenolic OH excluding ortho intramolecular Hbond substituents is 2. The Labute approximate surface area is 846 Å². The van der Waals surface area contributed by atoms with Crippen LogP contribution in [0.25, 0.3) is 22.3 Å². The molecule has 24 heteroatoms. The van der Waals surface area contributed by atoms with Gasteiger partial charge in [0.1, 0.15) is 74.7 Å². The number of hydrogen-bond acceptors (Lipinski definition) is 20. The van der Waals surface area contributed by atoms with E-state index in [0.29, 0.717) is 61.7 Å². The first-order chi connectivity index (χ1) is 66.0. The molecule has 0 radical (unpaired) electrons. The Morgan fingerprint density at radius 1 is 0.352 bits per heavy atom. The summed E-state index contributed by atoms with van der Waals surface area (Å²) >= 11 is 0. The maximum absolute atomic E-state index is 12.4. The van der Waals surface area contributed by atoms with Crippen molar-refractivity contribution in [3.8, 4) is 103 Å². The number of aromatic hydroxyl groups is 2. The number of aliphatic hydroxyl groups is 1. The fraction of sp³-hybridized carbons (Fsp3) is 0.475. The van der Waals surface area contributed by atoms with Crippen LogP contribution in [0.15, 0.2) is 158 Å². The van der Waals surface area contributed by atoms with Gasteiger partial charge in [0.15, 0.2) is 5.75 Å². The van der Waals surface area contributed by atoms with E-state index in [2.05, 4.69) is 226 Å². The van der Waals surface area contributed by atoms with Gasteiger partial charge in [-0.15, -0.1) is 0 Å². The number of aryl methyl sites for hydroxylation is 5. The molecule has 8 heterocycles. The number of ether oxygens (including phenoxy) is 10. The summed E-state index contributed by atoms with van der Waals surface area (Å²) in [5.74, 6) is 6.39. The molecule has 3 N–H and O–H groups in total. The van der Waals surface area contributed by atoms with Crippen LogP contribution in [-0.4, -0.2) is 91.7 Å². The van der Waals surface area contributed by atoms with Gasteiger partial charge in [-0.05, 0) is 214 Å². The van der Waals surface area contributed by atoms with Crippen LogP contribution in [-0.2, 0) is 85.3 Å². The van der Waals surface area contributed by atoms with Crippen LogP contribution in [0.2, 0.25) is 51.4 Å². The topological polar surface area (TPSA) is 257 Å². The number of carbonyl (C=O) groups excluding carboxylic acids is 3. The van der Waals surface area contributed by atoms with Gasteiger partial charge in [-0.1, -0.05) is 203 Å². The van der Waals surface area contributed by atoms with Crippen molar-refractivity contribution in [3.63, 3.8) is 0 Å². The Morgan fingerprint density at radius 2 is 0.627 bits per heavy atom. The molecule has 756 valence electrons. The van der Waals surface area contributed by atoms with Crippen LogP contribution >= 0.6 is 0 Å². The standard InChI is InChI=1S/C33H32O4.C29H42O6Si2.C29H42O4Si2.C26H32O4.CO2/c1-31(2)19-33(36-29-15-23(27(34)17-25(29)31)21-11-7-5-8-12-21)20-32(3,4)26-18-28(35)24(16-30(26)37-33)22-13-9-6-10-14-22;1-10-36(31)16-20-11-21-23(12-19(20)15-30)33-29(17-27(21,2)3)18-28(4,5)22-13-26(35-37(7,8)9)25(32-6)14-24(22)34-29;1-11-34(30)16-21-14-22-25(12-19(21)2)31-29(17-27(22,4)5)18-28(6,7)23-15-24(33-35(8,9)10)20(3)13-26(23)32-29;1-15-9-19-22(10-16(15)2)29-26(13-24(19,5)6)14-25(7,8)20-12-21(28-18(4)27)17(3)11-23(20)30-26;2-1-3/h5-18,34-35H,19-20H2,1-4H3;11-14,30H,10,15-18H2,1-9H3;12-15H,11,16-18H2,1-10H3;9-12H,13-14H2,1-8H3;. The molecular formula is C118H148O20Si4. The van der Waals surface area contributed by atoms with E-state index in [1.54, 1.807) is 7.11 Å². The zero-order chi connectivity index (χ0) is 104. The van der Waals surface area contributed by atoms with E-state index in [-0.39, 0.29) is 73.5 Å². The third kappa shape index (κ3) is 22.4. The average molecular weight is 2000 g/mol. The predicted octanol–water partition coefficient (Wildman–Crippen LogP) is 27.4. The quantitative estimate of drug-likeness (QED) is 0.0489. The molecule has 0 fully saturated rings.